The number of thioether (sulfide) groups is 1. The number of amidine groups is 1. The Hall–Kier alpha value is -1.17. The summed E-state index contributed by atoms with van der Waals surface area (Å²) in [4.78, 5) is 0.774. The van der Waals surface area contributed by atoms with E-state index in [4.69, 9.17) is 22.7 Å². The largest absolute Gasteiger partial charge is 0.383 e. The lowest BCUT2D eigenvalue weighted by Gasteiger charge is -2.05. The normalized spacial score (nSPS) is 10.3. The molecule has 0 saturated heterocycles. The van der Waals surface area contributed by atoms with Crippen LogP contribution in [0.1, 0.15) is 4.88 Å². The van der Waals surface area contributed by atoms with Crippen molar-refractivity contribution in [3.8, 4) is 0 Å². The summed E-state index contributed by atoms with van der Waals surface area (Å²) in [6.45, 7) is 0. The number of nitrogens with two attached hydrogens (primary N) is 1. The van der Waals surface area contributed by atoms with Crippen LogP contribution in [0.15, 0.2) is 34.5 Å². The van der Waals surface area contributed by atoms with Crippen molar-refractivity contribution in [1.29, 1.82) is 5.41 Å². The van der Waals surface area contributed by atoms with Gasteiger partial charge in [0.15, 0.2) is 0 Å². The van der Waals surface area contributed by atoms with E-state index in [-0.39, 0.29) is 5.84 Å². The highest BCUT2D eigenvalue weighted by Gasteiger charge is 2.10. The third-order valence-electron chi connectivity index (χ3n) is 2.27. The topological polar surface area (TPSA) is 61.9 Å². The van der Waals surface area contributed by atoms with E-state index < -0.39 is 0 Å². The first kappa shape index (κ1) is 13.3. The molecule has 0 aliphatic rings. The predicted molar refractivity (Wildman–Crippen MR) is 81.9 cm³/mol. The van der Waals surface area contributed by atoms with Crippen LogP contribution in [0.5, 0.6) is 0 Å². The van der Waals surface area contributed by atoms with E-state index in [2.05, 4.69) is 5.32 Å². The summed E-state index contributed by atoms with van der Waals surface area (Å²) in [5.74, 6) is 0.0967. The van der Waals surface area contributed by atoms with Gasteiger partial charge in [-0.05, 0) is 36.6 Å². The number of nitrogens with one attached hydrogen (secondary N) is 2. The van der Waals surface area contributed by atoms with Crippen molar-refractivity contribution < 1.29 is 0 Å². The minimum Gasteiger partial charge on any atom is -0.383 e. The van der Waals surface area contributed by atoms with Gasteiger partial charge in [0.05, 0.1) is 14.8 Å². The van der Waals surface area contributed by atoms with Crippen LogP contribution in [-0.2, 0) is 0 Å². The van der Waals surface area contributed by atoms with Gasteiger partial charge in [-0.1, -0.05) is 11.6 Å². The van der Waals surface area contributed by atoms with Crippen LogP contribution in [-0.4, -0.2) is 12.1 Å². The third-order valence-corrected chi connectivity index (χ3v) is 4.83. The molecule has 0 fully saturated rings. The Bertz CT molecular complexity index is 563. The molecular formula is C12H12ClN3S2. The van der Waals surface area contributed by atoms with Gasteiger partial charge in [-0.25, -0.2) is 0 Å². The maximum atomic E-state index is 7.46. The number of halogens is 1. The highest BCUT2D eigenvalue weighted by molar-refractivity contribution is 8.00. The summed E-state index contributed by atoms with van der Waals surface area (Å²) in [6, 6.07) is 9.39. The van der Waals surface area contributed by atoms with Gasteiger partial charge < -0.3 is 11.1 Å². The fourth-order valence-electron chi connectivity index (χ4n) is 1.43. The Morgan fingerprint density at radius 1 is 1.39 bits per heavy atom. The molecule has 1 aromatic carbocycles. The van der Waals surface area contributed by atoms with E-state index in [0.717, 1.165) is 20.5 Å². The first-order valence-electron chi connectivity index (χ1n) is 5.15. The maximum absolute atomic E-state index is 7.46. The molecule has 0 saturated carbocycles. The van der Waals surface area contributed by atoms with Crippen LogP contribution in [0.2, 0.25) is 5.02 Å². The summed E-state index contributed by atoms with van der Waals surface area (Å²) < 4.78 is 1.11. The molecule has 0 atom stereocenters. The van der Waals surface area contributed by atoms with Crippen molar-refractivity contribution in [3.63, 3.8) is 0 Å². The van der Waals surface area contributed by atoms with Gasteiger partial charge in [0.25, 0.3) is 0 Å². The Kier molecular flexibility index (Phi) is 4.16. The Labute approximate surface area is 119 Å². The zero-order chi connectivity index (χ0) is 13.1. The summed E-state index contributed by atoms with van der Waals surface area (Å²) in [5, 5.41) is 11.5. The number of thiophene rings is 1. The molecule has 0 amide bonds. The SMILES string of the molecule is CSc1sc(C(=N)N)cc1Nc1ccc(Cl)cc1. The van der Waals surface area contributed by atoms with E-state index >= 15 is 0 Å². The number of nitrogen functional groups attached to an aromatic ring is 1. The van der Waals surface area contributed by atoms with E-state index in [1.54, 1.807) is 11.8 Å². The van der Waals surface area contributed by atoms with Crippen LogP contribution < -0.4 is 11.1 Å². The Balaban J connectivity index is 2.27. The van der Waals surface area contributed by atoms with Crippen molar-refractivity contribution >= 4 is 51.9 Å². The van der Waals surface area contributed by atoms with Crippen molar-refractivity contribution in [2.75, 3.05) is 11.6 Å². The van der Waals surface area contributed by atoms with Gasteiger partial charge in [-0.15, -0.1) is 23.1 Å². The molecular weight excluding hydrogens is 286 g/mol. The number of rotatable bonds is 4. The Morgan fingerprint density at radius 3 is 2.61 bits per heavy atom. The lowest BCUT2D eigenvalue weighted by Crippen LogP contribution is -2.08. The fraction of sp³-hybridized carbons (Fsp3) is 0.0833. The zero-order valence-corrected chi connectivity index (χ0v) is 12.0. The lowest BCUT2D eigenvalue weighted by atomic mass is 10.3. The highest BCUT2D eigenvalue weighted by Crippen LogP contribution is 2.36. The summed E-state index contributed by atoms with van der Waals surface area (Å²) in [6.07, 6.45) is 2.00. The van der Waals surface area contributed by atoms with Crippen LogP contribution in [0.4, 0.5) is 11.4 Å². The van der Waals surface area contributed by atoms with Gasteiger partial charge >= 0.3 is 0 Å². The second-order valence-electron chi connectivity index (χ2n) is 3.56. The first-order chi connectivity index (χ1) is 8.60. The van der Waals surface area contributed by atoms with Crippen LogP contribution in [0.3, 0.4) is 0 Å². The van der Waals surface area contributed by atoms with Gasteiger partial charge in [0, 0.05) is 10.7 Å². The number of hydrogen-bond acceptors (Lipinski definition) is 4. The average molecular weight is 298 g/mol. The quantitative estimate of drug-likeness (QED) is 0.451. The van der Waals surface area contributed by atoms with Gasteiger partial charge in [-0.2, -0.15) is 0 Å². The molecule has 0 radical (unpaired) electrons. The van der Waals surface area contributed by atoms with Crippen LogP contribution in [0.25, 0.3) is 0 Å². The van der Waals surface area contributed by atoms with Gasteiger partial charge in [0.1, 0.15) is 5.84 Å². The van der Waals surface area contributed by atoms with Crippen molar-refractivity contribution in [3.05, 3.63) is 40.2 Å². The number of anilines is 2. The average Bonchev–Trinajstić information content (AvgIpc) is 2.75. The molecule has 0 unspecified atom stereocenters. The minimum absolute atomic E-state index is 0.0967. The third kappa shape index (κ3) is 2.98. The molecule has 94 valence electrons. The second kappa shape index (κ2) is 5.65. The Morgan fingerprint density at radius 2 is 2.06 bits per heavy atom. The van der Waals surface area contributed by atoms with Crippen molar-refractivity contribution in [2.45, 2.75) is 4.21 Å². The smallest absolute Gasteiger partial charge is 0.133 e. The summed E-state index contributed by atoms with van der Waals surface area (Å²) >= 11 is 8.99. The molecule has 0 aliphatic carbocycles. The van der Waals surface area contributed by atoms with Gasteiger partial charge in [-0.3, -0.25) is 5.41 Å². The number of hydrogen-bond donors (Lipinski definition) is 3. The maximum Gasteiger partial charge on any atom is 0.133 e. The summed E-state index contributed by atoms with van der Waals surface area (Å²) in [7, 11) is 0. The predicted octanol–water partition coefficient (Wildman–Crippen LogP) is 4.15. The van der Waals surface area contributed by atoms with Gasteiger partial charge in [0.2, 0.25) is 0 Å². The first-order valence-corrected chi connectivity index (χ1v) is 7.57. The lowest BCUT2D eigenvalue weighted by molar-refractivity contribution is 1.45. The van der Waals surface area contributed by atoms with Crippen molar-refractivity contribution in [2.24, 2.45) is 5.73 Å². The standard InChI is InChI=1S/C12H12ClN3S2/c1-17-12-9(6-10(18-12)11(14)15)16-8-4-2-7(13)3-5-8/h2-6,16H,1H3,(H3,14,15). The molecule has 6 heteroatoms. The molecule has 0 bridgehead atoms. The van der Waals surface area contributed by atoms with E-state index in [1.165, 1.54) is 11.3 Å². The van der Waals surface area contributed by atoms with Crippen molar-refractivity contribution in [1.82, 2.24) is 0 Å². The fourth-order valence-corrected chi connectivity index (χ4v) is 3.20. The minimum atomic E-state index is 0.0967. The molecule has 2 aromatic rings. The van der Waals surface area contributed by atoms with E-state index in [0.29, 0.717) is 5.02 Å². The summed E-state index contributed by atoms with van der Waals surface area (Å²) in [5.41, 5.74) is 7.44. The second-order valence-corrected chi connectivity index (χ2v) is 6.13. The molecule has 1 aromatic heterocycles. The molecule has 0 aliphatic heterocycles. The van der Waals surface area contributed by atoms with Crippen LogP contribution >= 0.6 is 34.7 Å². The molecule has 18 heavy (non-hydrogen) atoms. The number of benzene rings is 1. The molecule has 2 rings (SSSR count). The zero-order valence-electron chi connectivity index (χ0n) is 9.66. The molecule has 1 heterocycles. The molecule has 3 nitrogen and oxygen atoms in total. The van der Waals surface area contributed by atoms with Crippen LogP contribution in [0, 0.1) is 5.41 Å². The monoisotopic (exact) mass is 297 g/mol. The molecule has 0 spiro atoms. The highest BCUT2D eigenvalue weighted by atomic mass is 35.5. The van der Waals surface area contributed by atoms with E-state index in [9.17, 15) is 0 Å². The molecule has 4 N–H and O–H groups in total. The van der Waals surface area contributed by atoms with E-state index in [1.807, 2.05) is 36.6 Å².